The summed E-state index contributed by atoms with van der Waals surface area (Å²) in [5, 5.41) is 11.9. The SMILES string of the molecule is c1cc(-c2cccc3c2c2ccccc2n3-c2cccc3ccccc23)cc(N(c2ccc(-c3ccc4ccccc4c3)cc2)c2ccc(-c3cccc4ccccc34)c3oc4ccccc4c23)c1. The third kappa shape index (κ3) is 6.29. The molecule has 0 bridgehead atoms. The van der Waals surface area contributed by atoms with Gasteiger partial charge < -0.3 is 13.9 Å². The maximum Gasteiger partial charge on any atom is 0.145 e. The maximum absolute atomic E-state index is 6.98. The summed E-state index contributed by atoms with van der Waals surface area (Å²) in [6.07, 6.45) is 0. The van der Waals surface area contributed by atoms with E-state index in [9.17, 15) is 0 Å². The smallest absolute Gasteiger partial charge is 0.145 e. The minimum atomic E-state index is 0.857. The lowest BCUT2D eigenvalue weighted by molar-refractivity contribution is 0.670. The van der Waals surface area contributed by atoms with E-state index in [4.69, 9.17) is 4.42 Å². The molecule has 0 saturated carbocycles. The molecule has 14 aromatic rings. The summed E-state index contributed by atoms with van der Waals surface area (Å²) in [6.45, 7) is 0. The maximum atomic E-state index is 6.98. The van der Waals surface area contributed by atoms with Gasteiger partial charge in [0.1, 0.15) is 11.2 Å². The predicted molar refractivity (Wildman–Crippen MR) is 292 cm³/mol. The van der Waals surface area contributed by atoms with E-state index < -0.39 is 0 Å². The van der Waals surface area contributed by atoms with Crippen LogP contribution in [-0.2, 0) is 0 Å². The van der Waals surface area contributed by atoms with Gasteiger partial charge in [0, 0.05) is 38.5 Å². The standard InChI is InChI=1S/C66H42N2O/c1-2-18-47-41-48(34-33-43(47)15-1)44-35-37-50(38-36-44)67(62-40-39-56(55-28-12-19-45-16-3-5-23-52(45)55)66-65(62)58-26-8-10-32-63(58)69-66)51-22-11-21-49(42-51)54-27-14-31-61-64(54)57-25-7-9-29-60(57)68(61)59-30-13-20-46-17-4-6-24-53(46)59/h1-42H. The summed E-state index contributed by atoms with van der Waals surface area (Å²) < 4.78 is 9.43. The molecule has 0 amide bonds. The van der Waals surface area contributed by atoms with Crippen LogP contribution in [0.1, 0.15) is 0 Å². The second kappa shape index (κ2) is 15.7. The van der Waals surface area contributed by atoms with Gasteiger partial charge in [0.2, 0.25) is 0 Å². The zero-order valence-electron chi connectivity index (χ0n) is 37.6. The van der Waals surface area contributed by atoms with Crippen molar-refractivity contribution in [3.8, 4) is 39.1 Å². The first-order chi connectivity index (χ1) is 34.2. The highest BCUT2D eigenvalue weighted by atomic mass is 16.3. The van der Waals surface area contributed by atoms with Crippen molar-refractivity contribution >= 4 is 93.1 Å². The van der Waals surface area contributed by atoms with Gasteiger partial charge in [0.15, 0.2) is 0 Å². The number of aromatic nitrogens is 1. The molecule has 0 spiro atoms. The molecule has 14 rings (SSSR count). The molecule has 0 N–H and O–H groups in total. The van der Waals surface area contributed by atoms with Gasteiger partial charge in [-0.15, -0.1) is 0 Å². The van der Waals surface area contributed by atoms with Crippen molar-refractivity contribution in [1.29, 1.82) is 0 Å². The molecule has 0 aliphatic carbocycles. The van der Waals surface area contributed by atoms with Crippen LogP contribution in [0.25, 0.3) is 115 Å². The molecule has 3 nitrogen and oxygen atoms in total. The molecule has 322 valence electrons. The molecule has 0 aliphatic heterocycles. The fraction of sp³-hybridized carbons (Fsp3) is 0. The molecule has 69 heavy (non-hydrogen) atoms. The largest absolute Gasteiger partial charge is 0.455 e. The molecule has 0 atom stereocenters. The quantitative estimate of drug-likeness (QED) is 0.159. The van der Waals surface area contributed by atoms with E-state index in [1.807, 2.05) is 0 Å². The lowest BCUT2D eigenvalue weighted by Gasteiger charge is -2.27. The third-order valence-electron chi connectivity index (χ3n) is 14.2. The number of anilines is 3. The van der Waals surface area contributed by atoms with Crippen molar-refractivity contribution in [1.82, 2.24) is 4.57 Å². The molecule has 0 fully saturated rings. The number of benzene rings is 12. The highest BCUT2D eigenvalue weighted by Crippen LogP contribution is 2.48. The van der Waals surface area contributed by atoms with Crippen LogP contribution < -0.4 is 4.90 Å². The van der Waals surface area contributed by atoms with E-state index in [0.717, 1.165) is 61.3 Å². The fourth-order valence-electron chi connectivity index (χ4n) is 11.0. The van der Waals surface area contributed by atoms with Crippen LogP contribution in [0.4, 0.5) is 17.1 Å². The van der Waals surface area contributed by atoms with Gasteiger partial charge in [-0.05, 0) is 121 Å². The first-order valence-corrected chi connectivity index (χ1v) is 23.7. The van der Waals surface area contributed by atoms with Gasteiger partial charge in [-0.25, -0.2) is 0 Å². The van der Waals surface area contributed by atoms with Gasteiger partial charge in [0.25, 0.3) is 0 Å². The van der Waals surface area contributed by atoms with Gasteiger partial charge >= 0.3 is 0 Å². The van der Waals surface area contributed by atoms with Crippen LogP contribution in [0, 0.1) is 0 Å². The fourth-order valence-corrected chi connectivity index (χ4v) is 11.0. The lowest BCUT2D eigenvalue weighted by Crippen LogP contribution is -2.10. The number of nitrogens with zero attached hydrogens (tertiary/aromatic N) is 2. The Labute approximate surface area is 399 Å². The normalized spacial score (nSPS) is 11.8. The summed E-state index contributed by atoms with van der Waals surface area (Å²) in [7, 11) is 0. The van der Waals surface area contributed by atoms with E-state index in [1.54, 1.807) is 0 Å². The molecule has 0 aliphatic rings. The first kappa shape index (κ1) is 39.0. The minimum Gasteiger partial charge on any atom is -0.455 e. The molecule has 0 radical (unpaired) electrons. The van der Waals surface area contributed by atoms with Gasteiger partial charge in [-0.1, -0.05) is 188 Å². The van der Waals surface area contributed by atoms with Crippen molar-refractivity contribution in [3.63, 3.8) is 0 Å². The Bertz CT molecular complexity index is 4320. The van der Waals surface area contributed by atoms with Crippen molar-refractivity contribution in [2.45, 2.75) is 0 Å². The highest BCUT2D eigenvalue weighted by Gasteiger charge is 2.24. The van der Waals surface area contributed by atoms with Gasteiger partial charge in [0.05, 0.1) is 27.8 Å². The van der Waals surface area contributed by atoms with Crippen molar-refractivity contribution in [3.05, 3.63) is 255 Å². The highest BCUT2D eigenvalue weighted by molar-refractivity contribution is 6.19. The van der Waals surface area contributed by atoms with E-state index in [1.165, 1.54) is 70.9 Å². The number of hydrogen-bond acceptors (Lipinski definition) is 2. The predicted octanol–water partition coefficient (Wildman–Crippen LogP) is 18.6. The number of para-hydroxylation sites is 2. The number of fused-ring (bicyclic) bond motifs is 9. The number of rotatable bonds is 7. The molecule has 3 heteroatoms. The second-order valence-electron chi connectivity index (χ2n) is 18.0. The van der Waals surface area contributed by atoms with Crippen molar-refractivity contribution in [2.24, 2.45) is 0 Å². The number of hydrogen-bond donors (Lipinski definition) is 0. The Morgan fingerprint density at radius 1 is 0.319 bits per heavy atom. The Balaban J connectivity index is 0.994. The molecular formula is C66H42N2O. The van der Waals surface area contributed by atoms with Gasteiger partial charge in [-0.2, -0.15) is 0 Å². The Morgan fingerprint density at radius 2 is 0.942 bits per heavy atom. The van der Waals surface area contributed by atoms with Crippen LogP contribution >= 0.6 is 0 Å². The van der Waals surface area contributed by atoms with Crippen LogP contribution in [0.15, 0.2) is 259 Å². The zero-order chi connectivity index (χ0) is 45.4. The van der Waals surface area contributed by atoms with Gasteiger partial charge in [-0.3, -0.25) is 0 Å². The first-order valence-electron chi connectivity index (χ1n) is 23.7. The van der Waals surface area contributed by atoms with E-state index >= 15 is 0 Å². The van der Waals surface area contributed by atoms with Crippen LogP contribution in [-0.4, -0.2) is 4.57 Å². The van der Waals surface area contributed by atoms with Crippen molar-refractivity contribution < 1.29 is 4.42 Å². The number of furan rings is 1. The minimum absolute atomic E-state index is 0.857. The van der Waals surface area contributed by atoms with E-state index in [0.29, 0.717) is 0 Å². The van der Waals surface area contributed by atoms with E-state index in [-0.39, 0.29) is 0 Å². The Hall–Kier alpha value is -9.18. The monoisotopic (exact) mass is 878 g/mol. The molecular weight excluding hydrogens is 837 g/mol. The molecule has 2 heterocycles. The summed E-state index contributed by atoms with van der Waals surface area (Å²) in [6, 6.07) is 92.5. The summed E-state index contributed by atoms with van der Waals surface area (Å²) >= 11 is 0. The Morgan fingerprint density at radius 3 is 1.80 bits per heavy atom. The van der Waals surface area contributed by atoms with Crippen LogP contribution in [0.2, 0.25) is 0 Å². The summed E-state index contributed by atoms with van der Waals surface area (Å²) in [4.78, 5) is 2.42. The summed E-state index contributed by atoms with van der Waals surface area (Å²) in [5.41, 5.74) is 15.3. The molecule has 0 unspecified atom stereocenters. The van der Waals surface area contributed by atoms with E-state index in [2.05, 4.69) is 264 Å². The molecule has 12 aromatic carbocycles. The van der Waals surface area contributed by atoms with Crippen LogP contribution in [0.3, 0.4) is 0 Å². The topological polar surface area (TPSA) is 21.3 Å². The molecule has 2 aromatic heterocycles. The Kier molecular flexibility index (Phi) is 8.90. The summed E-state index contributed by atoms with van der Waals surface area (Å²) in [5.74, 6) is 0. The lowest BCUT2D eigenvalue weighted by atomic mass is 9.95. The van der Waals surface area contributed by atoms with Crippen LogP contribution in [0.5, 0.6) is 0 Å². The molecule has 0 saturated heterocycles. The van der Waals surface area contributed by atoms with Crippen molar-refractivity contribution in [2.75, 3.05) is 4.90 Å². The average molecular weight is 879 g/mol. The third-order valence-corrected chi connectivity index (χ3v) is 14.2. The average Bonchev–Trinajstić information content (AvgIpc) is 3.98. The second-order valence-corrected chi connectivity index (χ2v) is 18.0. The zero-order valence-corrected chi connectivity index (χ0v) is 37.6.